The van der Waals surface area contributed by atoms with E-state index in [1.807, 2.05) is 11.9 Å². The molecular formula is C17H25FN2O2. The number of phenols is 1. The standard InChI is InChI=1S/C17H25FN2O2/c1-5-20-10-6-7-13(20)11-19(3)12(2)16-15(21)9-8-14(18)17(16)22-4/h8-9,13,21H,2,5-7,10-11H2,1,3-4H3. The Balaban J connectivity index is 2.19. The van der Waals surface area contributed by atoms with Crippen molar-refractivity contribution in [3.63, 3.8) is 0 Å². The monoisotopic (exact) mass is 308 g/mol. The number of hydrogen-bond donors (Lipinski definition) is 1. The second-order valence-corrected chi connectivity index (χ2v) is 5.73. The minimum Gasteiger partial charge on any atom is -0.507 e. The van der Waals surface area contributed by atoms with Gasteiger partial charge in [0.1, 0.15) is 5.75 Å². The molecule has 2 rings (SSSR count). The van der Waals surface area contributed by atoms with Crippen molar-refractivity contribution in [2.45, 2.75) is 25.8 Å². The Labute approximate surface area is 131 Å². The predicted molar refractivity (Wildman–Crippen MR) is 86.5 cm³/mol. The van der Waals surface area contributed by atoms with Crippen LogP contribution in [0.2, 0.25) is 0 Å². The van der Waals surface area contributed by atoms with Crippen LogP contribution in [0.3, 0.4) is 0 Å². The van der Waals surface area contributed by atoms with Crippen molar-refractivity contribution in [3.05, 3.63) is 30.1 Å². The molecule has 22 heavy (non-hydrogen) atoms. The van der Waals surface area contributed by atoms with Crippen molar-refractivity contribution < 1.29 is 14.2 Å². The summed E-state index contributed by atoms with van der Waals surface area (Å²) in [6, 6.07) is 2.99. The molecular weight excluding hydrogens is 283 g/mol. The van der Waals surface area contributed by atoms with Crippen molar-refractivity contribution >= 4 is 5.70 Å². The lowest BCUT2D eigenvalue weighted by atomic mass is 10.1. The maximum Gasteiger partial charge on any atom is 0.167 e. The van der Waals surface area contributed by atoms with E-state index in [0.29, 0.717) is 17.3 Å². The van der Waals surface area contributed by atoms with Gasteiger partial charge in [-0.15, -0.1) is 0 Å². The molecule has 1 heterocycles. The summed E-state index contributed by atoms with van der Waals surface area (Å²) in [6.07, 6.45) is 2.35. The Kier molecular flexibility index (Phi) is 5.29. The number of halogens is 1. The largest absolute Gasteiger partial charge is 0.507 e. The van der Waals surface area contributed by atoms with E-state index in [9.17, 15) is 9.50 Å². The molecule has 1 aromatic rings. The Hall–Kier alpha value is -1.75. The summed E-state index contributed by atoms with van der Waals surface area (Å²) in [5.41, 5.74) is 0.892. The molecule has 0 amide bonds. The highest BCUT2D eigenvalue weighted by Crippen LogP contribution is 2.37. The maximum atomic E-state index is 13.9. The first-order valence-electron chi connectivity index (χ1n) is 7.69. The van der Waals surface area contributed by atoms with Crippen LogP contribution < -0.4 is 4.74 Å². The van der Waals surface area contributed by atoms with Gasteiger partial charge < -0.3 is 14.7 Å². The molecule has 0 aliphatic carbocycles. The number of methoxy groups -OCH3 is 1. The second kappa shape index (κ2) is 7.01. The zero-order valence-electron chi connectivity index (χ0n) is 13.6. The quantitative estimate of drug-likeness (QED) is 0.876. The fraction of sp³-hybridized carbons (Fsp3) is 0.529. The third-order valence-electron chi connectivity index (χ3n) is 4.43. The van der Waals surface area contributed by atoms with E-state index in [4.69, 9.17) is 4.74 Å². The van der Waals surface area contributed by atoms with Crippen LogP contribution in [0.5, 0.6) is 11.5 Å². The molecule has 4 nitrogen and oxygen atoms in total. The van der Waals surface area contributed by atoms with Crippen LogP contribution >= 0.6 is 0 Å². The van der Waals surface area contributed by atoms with Crippen LogP contribution in [0.4, 0.5) is 4.39 Å². The second-order valence-electron chi connectivity index (χ2n) is 5.73. The fourth-order valence-electron chi connectivity index (χ4n) is 3.16. The van der Waals surface area contributed by atoms with Crippen LogP contribution in [-0.4, -0.2) is 54.7 Å². The third kappa shape index (κ3) is 3.19. The zero-order valence-corrected chi connectivity index (χ0v) is 13.6. The van der Waals surface area contributed by atoms with Gasteiger partial charge in [-0.25, -0.2) is 4.39 Å². The molecule has 1 fully saturated rings. The molecule has 0 radical (unpaired) electrons. The van der Waals surface area contributed by atoms with Gasteiger partial charge in [-0.05, 0) is 38.1 Å². The molecule has 1 saturated heterocycles. The zero-order chi connectivity index (χ0) is 16.3. The maximum absolute atomic E-state index is 13.9. The Morgan fingerprint density at radius 2 is 2.27 bits per heavy atom. The molecule has 1 aromatic carbocycles. The molecule has 122 valence electrons. The van der Waals surface area contributed by atoms with E-state index in [0.717, 1.165) is 26.1 Å². The van der Waals surface area contributed by atoms with Crippen LogP contribution in [-0.2, 0) is 0 Å². The first-order chi connectivity index (χ1) is 10.5. The Bertz CT molecular complexity index is 548. The summed E-state index contributed by atoms with van der Waals surface area (Å²) in [5, 5.41) is 10.1. The SMILES string of the molecule is C=C(c1c(O)ccc(F)c1OC)N(C)CC1CCCN1CC. The number of phenolic OH excluding ortho intramolecular Hbond substituents is 1. The van der Waals surface area contributed by atoms with Crippen molar-refractivity contribution in [1.29, 1.82) is 0 Å². The van der Waals surface area contributed by atoms with E-state index in [-0.39, 0.29) is 11.5 Å². The van der Waals surface area contributed by atoms with Crippen LogP contribution in [0.15, 0.2) is 18.7 Å². The van der Waals surface area contributed by atoms with E-state index in [1.165, 1.54) is 25.7 Å². The molecule has 1 unspecified atom stereocenters. The summed E-state index contributed by atoms with van der Waals surface area (Å²) in [6.45, 7) is 9.14. The first-order valence-corrected chi connectivity index (χ1v) is 7.69. The average molecular weight is 308 g/mol. The summed E-state index contributed by atoms with van der Waals surface area (Å²) in [4.78, 5) is 4.40. The number of nitrogens with zero attached hydrogens (tertiary/aromatic N) is 2. The van der Waals surface area contributed by atoms with Gasteiger partial charge in [0.05, 0.1) is 12.7 Å². The average Bonchev–Trinajstić information content (AvgIpc) is 2.95. The molecule has 1 aliphatic rings. The lowest BCUT2D eigenvalue weighted by Gasteiger charge is -2.30. The summed E-state index contributed by atoms with van der Waals surface area (Å²) >= 11 is 0. The third-order valence-corrected chi connectivity index (χ3v) is 4.43. The number of likely N-dealkylation sites (tertiary alicyclic amines) is 1. The van der Waals surface area contributed by atoms with Gasteiger partial charge in [-0.2, -0.15) is 0 Å². The van der Waals surface area contributed by atoms with Crippen LogP contribution in [0.1, 0.15) is 25.3 Å². The predicted octanol–water partition coefficient (Wildman–Crippen LogP) is 2.93. The number of likely N-dealkylation sites (N-methyl/N-ethyl adjacent to an activating group) is 2. The van der Waals surface area contributed by atoms with Crippen molar-refractivity contribution in [1.82, 2.24) is 9.80 Å². The summed E-state index contributed by atoms with van der Waals surface area (Å²) in [7, 11) is 3.31. The number of hydrogen-bond acceptors (Lipinski definition) is 4. The molecule has 1 aliphatic heterocycles. The smallest absolute Gasteiger partial charge is 0.167 e. The van der Waals surface area contributed by atoms with E-state index < -0.39 is 5.82 Å². The van der Waals surface area contributed by atoms with Gasteiger partial charge in [0.15, 0.2) is 11.6 Å². The van der Waals surface area contributed by atoms with Crippen LogP contribution in [0.25, 0.3) is 5.70 Å². The molecule has 5 heteroatoms. The molecule has 1 N–H and O–H groups in total. The highest BCUT2D eigenvalue weighted by molar-refractivity contribution is 5.72. The van der Waals surface area contributed by atoms with Gasteiger partial charge in [-0.1, -0.05) is 13.5 Å². The number of aromatic hydroxyl groups is 1. The molecule has 0 bridgehead atoms. The lowest BCUT2D eigenvalue weighted by molar-refractivity contribution is 0.230. The Morgan fingerprint density at radius 1 is 1.55 bits per heavy atom. The molecule has 0 aromatic heterocycles. The molecule has 0 spiro atoms. The van der Waals surface area contributed by atoms with Gasteiger partial charge in [-0.3, -0.25) is 4.90 Å². The minimum atomic E-state index is -0.499. The number of rotatable bonds is 6. The number of benzene rings is 1. The lowest BCUT2D eigenvalue weighted by Crippen LogP contribution is -2.38. The normalized spacial score (nSPS) is 18.5. The van der Waals surface area contributed by atoms with Gasteiger partial charge in [0.2, 0.25) is 0 Å². The van der Waals surface area contributed by atoms with Gasteiger partial charge >= 0.3 is 0 Å². The Morgan fingerprint density at radius 3 is 2.91 bits per heavy atom. The van der Waals surface area contributed by atoms with E-state index >= 15 is 0 Å². The van der Waals surface area contributed by atoms with Gasteiger partial charge in [0.25, 0.3) is 0 Å². The number of ether oxygens (including phenoxy) is 1. The minimum absolute atomic E-state index is 0.0196. The highest BCUT2D eigenvalue weighted by atomic mass is 19.1. The van der Waals surface area contributed by atoms with E-state index in [2.05, 4.69) is 18.4 Å². The highest BCUT2D eigenvalue weighted by Gasteiger charge is 2.26. The topological polar surface area (TPSA) is 35.9 Å². The van der Waals surface area contributed by atoms with Crippen molar-refractivity contribution in [2.24, 2.45) is 0 Å². The molecule has 1 atom stereocenters. The summed E-state index contributed by atoms with van der Waals surface area (Å²) in [5.74, 6) is -0.481. The molecule has 0 saturated carbocycles. The van der Waals surface area contributed by atoms with Gasteiger partial charge in [0, 0.05) is 25.3 Å². The van der Waals surface area contributed by atoms with E-state index in [1.54, 1.807) is 0 Å². The summed E-state index contributed by atoms with van der Waals surface area (Å²) < 4.78 is 19.0. The fourth-order valence-corrected chi connectivity index (χ4v) is 3.16. The van der Waals surface area contributed by atoms with Crippen LogP contribution in [0, 0.1) is 5.82 Å². The van der Waals surface area contributed by atoms with Crippen molar-refractivity contribution in [2.75, 3.05) is 33.8 Å². The van der Waals surface area contributed by atoms with Crippen molar-refractivity contribution in [3.8, 4) is 11.5 Å². The first kappa shape index (κ1) is 16.6.